The highest BCUT2D eigenvalue weighted by Crippen LogP contribution is 1.93. The maximum Gasteiger partial charge on any atom is 0.328 e. The van der Waals surface area contributed by atoms with Gasteiger partial charge >= 0.3 is 5.97 Å². The minimum atomic E-state index is -1.06. The number of carbonyl (C=O) groups excluding carboxylic acids is 1. The van der Waals surface area contributed by atoms with Gasteiger partial charge in [-0.05, 0) is 0 Å². The summed E-state index contributed by atoms with van der Waals surface area (Å²) in [4.78, 5) is 25.2. The maximum atomic E-state index is 10.7. The third-order valence-electron chi connectivity index (χ3n) is 1.63. The van der Waals surface area contributed by atoms with Crippen LogP contribution >= 0.6 is 0 Å². The highest BCUT2D eigenvalue weighted by Gasteiger charge is 2.18. The highest BCUT2D eigenvalue weighted by atomic mass is 16.4. The zero-order valence-corrected chi connectivity index (χ0v) is 7.67. The predicted octanol–water partition coefficient (Wildman–Crippen LogP) is -0.528. The molecule has 0 aromatic carbocycles. The molecular formula is C8H11N3O3. The first-order valence-corrected chi connectivity index (χ1v) is 4.05. The van der Waals surface area contributed by atoms with E-state index in [1.165, 1.54) is 13.3 Å². The lowest BCUT2D eigenvalue weighted by Crippen LogP contribution is -2.42. The number of hydrogen-bond donors (Lipinski definition) is 2. The van der Waals surface area contributed by atoms with E-state index in [1.807, 2.05) is 0 Å². The van der Waals surface area contributed by atoms with E-state index in [1.54, 1.807) is 17.0 Å². The van der Waals surface area contributed by atoms with Gasteiger partial charge in [0, 0.05) is 19.3 Å². The number of carbonyl (C=O) groups is 2. The molecule has 0 spiro atoms. The third-order valence-corrected chi connectivity index (χ3v) is 1.63. The van der Waals surface area contributed by atoms with Crippen molar-refractivity contribution in [1.82, 2.24) is 14.9 Å². The fourth-order valence-corrected chi connectivity index (χ4v) is 1.04. The Morgan fingerprint density at radius 1 is 1.64 bits per heavy atom. The first kappa shape index (κ1) is 10.2. The summed E-state index contributed by atoms with van der Waals surface area (Å²) >= 11 is 0. The number of aromatic nitrogens is 2. The Morgan fingerprint density at radius 2 is 2.36 bits per heavy atom. The molecule has 6 nitrogen and oxygen atoms in total. The molecule has 2 N–H and O–H groups in total. The van der Waals surface area contributed by atoms with Crippen molar-refractivity contribution in [2.45, 2.75) is 19.5 Å². The van der Waals surface area contributed by atoms with Gasteiger partial charge in [-0.2, -0.15) is 0 Å². The Labute approximate surface area is 80.6 Å². The Morgan fingerprint density at radius 3 is 2.79 bits per heavy atom. The molecule has 14 heavy (non-hydrogen) atoms. The summed E-state index contributed by atoms with van der Waals surface area (Å²) in [7, 11) is 0. The summed E-state index contributed by atoms with van der Waals surface area (Å²) in [6.07, 6.45) is 4.68. The molecule has 0 aliphatic heterocycles. The second-order valence-electron chi connectivity index (χ2n) is 2.85. The first-order chi connectivity index (χ1) is 6.59. The summed E-state index contributed by atoms with van der Waals surface area (Å²) in [5, 5.41) is 11.1. The lowest BCUT2D eigenvalue weighted by molar-refractivity contribution is -0.141. The summed E-state index contributed by atoms with van der Waals surface area (Å²) in [5.41, 5.74) is 0. The number of carboxylic acid groups (broad SMARTS) is 1. The van der Waals surface area contributed by atoms with Gasteiger partial charge in [0.1, 0.15) is 6.04 Å². The van der Waals surface area contributed by atoms with E-state index in [0.29, 0.717) is 0 Å². The van der Waals surface area contributed by atoms with E-state index < -0.39 is 12.0 Å². The monoisotopic (exact) mass is 197 g/mol. The van der Waals surface area contributed by atoms with E-state index >= 15 is 0 Å². The SMILES string of the molecule is CC(=O)N[C@@H](Cn1ccnc1)C(=O)O. The molecule has 1 amide bonds. The van der Waals surface area contributed by atoms with Gasteiger partial charge in [0.15, 0.2) is 0 Å². The highest BCUT2D eigenvalue weighted by molar-refractivity contribution is 5.81. The van der Waals surface area contributed by atoms with Crippen molar-refractivity contribution in [2.24, 2.45) is 0 Å². The number of hydrogen-bond acceptors (Lipinski definition) is 3. The zero-order valence-electron chi connectivity index (χ0n) is 7.67. The van der Waals surface area contributed by atoms with Crippen molar-refractivity contribution >= 4 is 11.9 Å². The van der Waals surface area contributed by atoms with Crippen LogP contribution in [-0.2, 0) is 16.1 Å². The molecule has 76 valence electrons. The van der Waals surface area contributed by atoms with Gasteiger partial charge in [0.2, 0.25) is 5.91 Å². The van der Waals surface area contributed by atoms with Gasteiger partial charge in [0.25, 0.3) is 0 Å². The molecule has 1 aromatic rings. The number of aliphatic carboxylic acids is 1. The van der Waals surface area contributed by atoms with Crippen LogP contribution in [0.25, 0.3) is 0 Å². The van der Waals surface area contributed by atoms with Crippen LogP contribution in [-0.4, -0.2) is 32.6 Å². The van der Waals surface area contributed by atoms with Gasteiger partial charge in [-0.25, -0.2) is 9.78 Å². The molecule has 0 fully saturated rings. The lowest BCUT2D eigenvalue weighted by atomic mass is 10.3. The van der Waals surface area contributed by atoms with Crippen LogP contribution in [0.15, 0.2) is 18.7 Å². The molecule has 1 rings (SSSR count). The standard InChI is InChI=1S/C8H11N3O3/c1-6(12)10-7(8(13)14)4-11-3-2-9-5-11/h2-3,5,7H,4H2,1H3,(H,10,12)(H,13,14)/t7-/m0/s1. The molecule has 6 heteroatoms. The molecule has 0 radical (unpaired) electrons. The number of rotatable bonds is 4. The summed E-state index contributed by atoms with van der Waals surface area (Å²) in [6.45, 7) is 1.46. The van der Waals surface area contributed by atoms with E-state index in [9.17, 15) is 9.59 Å². The number of amides is 1. The fourth-order valence-electron chi connectivity index (χ4n) is 1.04. The van der Waals surface area contributed by atoms with Crippen LogP contribution in [0.4, 0.5) is 0 Å². The van der Waals surface area contributed by atoms with Crippen LogP contribution in [0.3, 0.4) is 0 Å². The van der Waals surface area contributed by atoms with Crippen molar-refractivity contribution in [3.05, 3.63) is 18.7 Å². The van der Waals surface area contributed by atoms with Crippen molar-refractivity contribution in [2.75, 3.05) is 0 Å². The average molecular weight is 197 g/mol. The van der Waals surface area contributed by atoms with Gasteiger partial charge < -0.3 is 15.0 Å². The second-order valence-corrected chi connectivity index (χ2v) is 2.85. The minimum Gasteiger partial charge on any atom is -0.480 e. The Hall–Kier alpha value is -1.85. The third kappa shape index (κ3) is 2.89. The first-order valence-electron chi connectivity index (χ1n) is 4.05. The molecule has 0 unspecified atom stereocenters. The van der Waals surface area contributed by atoms with Crippen LogP contribution in [0.5, 0.6) is 0 Å². The van der Waals surface area contributed by atoms with E-state index in [4.69, 9.17) is 5.11 Å². The summed E-state index contributed by atoms with van der Waals surface area (Å²) in [6, 6.07) is -0.915. The largest absolute Gasteiger partial charge is 0.480 e. The second kappa shape index (κ2) is 4.40. The molecule has 1 heterocycles. The molecule has 1 atom stereocenters. The van der Waals surface area contributed by atoms with Crippen LogP contribution in [0.2, 0.25) is 0 Å². The smallest absolute Gasteiger partial charge is 0.328 e. The Bertz CT molecular complexity index is 321. The summed E-state index contributed by atoms with van der Waals surface area (Å²) in [5.74, 6) is -1.42. The molecule has 0 saturated heterocycles. The topological polar surface area (TPSA) is 84.2 Å². The summed E-state index contributed by atoms with van der Waals surface area (Å²) < 4.78 is 1.59. The molecule has 0 saturated carbocycles. The molecule has 1 aromatic heterocycles. The van der Waals surface area contributed by atoms with Crippen LogP contribution in [0.1, 0.15) is 6.92 Å². The van der Waals surface area contributed by atoms with Crippen molar-refractivity contribution < 1.29 is 14.7 Å². The van der Waals surface area contributed by atoms with Gasteiger partial charge in [0.05, 0.1) is 12.9 Å². The van der Waals surface area contributed by atoms with E-state index in [2.05, 4.69) is 10.3 Å². The van der Waals surface area contributed by atoms with Crippen molar-refractivity contribution in [3.63, 3.8) is 0 Å². The van der Waals surface area contributed by atoms with Crippen molar-refractivity contribution in [3.8, 4) is 0 Å². The Kier molecular flexibility index (Phi) is 3.22. The van der Waals surface area contributed by atoms with E-state index in [0.717, 1.165) is 0 Å². The fraction of sp³-hybridized carbons (Fsp3) is 0.375. The average Bonchev–Trinajstić information content (AvgIpc) is 2.54. The minimum absolute atomic E-state index is 0.176. The van der Waals surface area contributed by atoms with Crippen molar-refractivity contribution in [1.29, 1.82) is 0 Å². The lowest BCUT2D eigenvalue weighted by Gasteiger charge is -2.13. The molecular weight excluding hydrogens is 186 g/mol. The normalized spacial score (nSPS) is 12.1. The number of carboxylic acids is 1. The van der Waals surface area contributed by atoms with Crippen LogP contribution in [0, 0.1) is 0 Å². The maximum absolute atomic E-state index is 10.7. The Balaban J connectivity index is 2.60. The van der Waals surface area contributed by atoms with Gasteiger partial charge in [-0.1, -0.05) is 0 Å². The number of nitrogens with one attached hydrogen (secondary N) is 1. The number of nitrogens with zero attached hydrogens (tertiary/aromatic N) is 2. The predicted molar refractivity (Wildman–Crippen MR) is 47.5 cm³/mol. The number of imidazole rings is 1. The van der Waals surface area contributed by atoms with Gasteiger partial charge in [-0.3, -0.25) is 4.79 Å². The van der Waals surface area contributed by atoms with Gasteiger partial charge in [-0.15, -0.1) is 0 Å². The molecule has 0 bridgehead atoms. The molecule has 0 aliphatic carbocycles. The molecule has 0 aliphatic rings. The van der Waals surface area contributed by atoms with Crippen LogP contribution < -0.4 is 5.32 Å². The zero-order chi connectivity index (χ0) is 10.6. The quantitative estimate of drug-likeness (QED) is 0.679. The van der Waals surface area contributed by atoms with E-state index in [-0.39, 0.29) is 12.5 Å².